The first-order chi connectivity index (χ1) is 3.00. The first-order valence-corrected chi connectivity index (χ1v) is 1.87. The molecule has 48 valence electrons. The van der Waals surface area contributed by atoms with Crippen molar-refractivity contribution in [2.45, 2.75) is 21.3 Å². The van der Waals surface area contributed by atoms with Gasteiger partial charge in [0.05, 0.1) is 0 Å². The fourth-order valence-electron chi connectivity index (χ4n) is 0. The first-order valence-electron chi connectivity index (χ1n) is 1.87. The largest absolute Gasteiger partial charge is 0.333 e. The van der Waals surface area contributed by atoms with Crippen molar-refractivity contribution in [2.24, 2.45) is 5.73 Å². The standard InChI is InChI=1S/C2H6.CH5N.CH2O.CH4/c3*1-2;/h1-2H3;2H2,1H3;1H2;1H4. The molecule has 0 rings (SSSR count). The van der Waals surface area contributed by atoms with E-state index in [0.29, 0.717) is 0 Å². The second-order valence-electron chi connectivity index (χ2n) is 0. The molecule has 0 aromatic rings. The molecule has 0 spiro atoms. The summed E-state index contributed by atoms with van der Waals surface area (Å²) in [4.78, 5) is 8.00. The maximum atomic E-state index is 8.00. The predicted octanol–water partition coefficient (Wildman–Crippen LogP) is 1.05. The van der Waals surface area contributed by atoms with Gasteiger partial charge in [0.15, 0.2) is 0 Å². The second kappa shape index (κ2) is 882. The summed E-state index contributed by atoms with van der Waals surface area (Å²) < 4.78 is 0. The lowest BCUT2D eigenvalue weighted by Gasteiger charge is -1.19. The average Bonchev–Trinajstić information content (AvgIpc) is 1.81. The lowest BCUT2D eigenvalue weighted by Crippen LogP contribution is -1.69. The summed E-state index contributed by atoms with van der Waals surface area (Å²) in [5.41, 5.74) is 4.50. The van der Waals surface area contributed by atoms with Crippen molar-refractivity contribution < 1.29 is 4.79 Å². The van der Waals surface area contributed by atoms with Crippen molar-refractivity contribution in [3.8, 4) is 0 Å². The Labute approximate surface area is 46.7 Å². The molecular formula is C5H17NO. The molecule has 0 aromatic heterocycles. The molecule has 0 bridgehead atoms. The first kappa shape index (κ1) is 30.4. The van der Waals surface area contributed by atoms with Gasteiger partial charge in [-0.2, -0.15) is 0 Å². The minimum atomic E-state index is 0. The van der Waals surface area contributed by atoms with Gasteiger partial charge in [0.2, 0.25) is 0 Å². The van der Waals surface area contributed by atoms with Crippen molar-refractivity contribution in [1.29, 1.82) is 0 Å². The van der Waals surface area contributed by atoms with Crippen molar-refractivity contribution in [2.75, 3.05) is 7.05 Å². The third kappa shape index (κ3) is 542. The van der Waals surface area contributed by atoms with Crippen LogP contribution in [-0.2, 0) is 4.79 Å². The molecule has 0 aliphatic rings. The summed E-state index contributed by atoms with van der Waals surface area (Å²) in [6.07, 6.45) is 0. The lowest BCUT2D eigenvalue weighted by molar-refractivity contribution is -0.0979. The molecule has 0 radical (unpaired) electrons. The van der Waals surface area contributed by atoms with Crippen LogP contribution >= 0.6 is 0 Å². The molecule has 0 aliphatic heterocycles. The Balaban J connectivity index is -0.00000000900. The smallest absolute Gasteiger partial charge is 0.106 e. The molecule has 7 heavy (non-hydrogen) atoms. The van der Waals surface area contributed by atoms with Crippen molar-refractivity contribution in [1.82, 2.24) is 0 Å². The van der Waals surface area contributed by atoms with Gasteiger partial charge in [-0.15, -0.1) is 0 Å². The number of nitrogens with two attached hydrogens (primary N) is 1. The van der Waals surface area contributed by atoms with Crippen molar-refractivity contribution >= 4 is 6.79 Å². The molecular weight excluding hydrogens is 90.1 g/mol. The third-order valence-corrected chi connectivity index (χ3v) is 0. The van der Waals surface area contributed by atoms with Crippen LogP contribution in [0.15, 0.2) is 0 Å². The second-order valence-corrected chi connectivity index (χ2v) is 0. The molecule has 2 N–H and O–H groups in total. The number of carbonyl (C=O) groups excluding carboxylic acids is 1. The fourth-order valence-corrected chi connectivity index (χ4v) is 0. The summed E-state index contributed by atoms with van der Waals surface area (Å²) >= 11 is 0. The minimum absolute atomic E-state index is 0. The number of hydrogen-bond acceptors (Lipinski definition) is 2. The van der Waals surface area contributed by atoms with Crippen LogP contribution in [0, 0.1) is 0 Å². The number of hydrogen-bond donors (Lipinski definition) is 1. The minimum Gasteiger partial charge on any atom is -0.333 e. The van der Waals surface area contributed by atoms with Gasteiger partial charge in [0, 0.05) is 0 Å². The number of rotatable bonds is 0. The van der Waals surface area contributed by atoms with Crippen LogP contribution in [0.2, 0.25) is 0 Å². The normalized spacial score (nSPS) is 2.29. The highest BCUT2D eigenvalue weighted by molar-refractivity contribution is 5.10. The van der Waals surface area contributed by atoms with Gasteiger partial charge < -0.3 is 10.5 Å². The molecule has 2 heteroatoms. The predicted molar refractivity (Wildman–Crippen MR) is 35.3 cm³/mol. The van der Waals surface area contributed by atoms with E-state index in [4.69, 9.17) is 4.79 Å². The van der Waals surface area contributed by atoms with Gasteiger partial charge in [-0.05, 0) is 7.05 Å². The molecule has 0 amide bonds. The summed E-state index contributed by atoms with van der Waals surface area (Å²) in [7, 11) is 1.50. The Bertz CT molecular complexity index is 8.04. The molecule has 0 heterocycles. The summed E-state index contributed by atoms with van der Waals surface area (Å²) in [6, 6.07) is 0. The summed E-state index contributed by atoms with van der Waals surface area (Å²) in [5, 5.41) is 0. The van der Waals surface area contributed by atoms with Gasteiger partial charge in [-0.3, -0.25) is 0 Å². The van der Waals surface area contributed by atoms with Crippen LogP contribution in [0.3, 0.4) is 0 Å². The topological polar surface area (TPSA) is 43.1 Å². The lowest BCUT2D eigenvalue weighted by atomic mass is 11.0. The van der Waals surface area contributed by atoms with E-state index in [0.717, 1.165) is 0 Å². The maximum Gasteiger partial charge on any atom is 0.106 e. The highest BCUT2D eigenvalue weighted by Crippen LogP contribution is 1.14. The Morgan fingerprint density at radius 2 is 1.14 bits per heavy atom. The van der Waals surface area contributed by atoms with Crippen molar-refractivity contribution in [3.63, 3.8) is 0 Å². The molecule has 2 nitrogen and oxygen atoms in total. The van der Waals surface area contributed by atoms with E-state index in [2.05, 4.69) is 5.73 Å². The molecule has 0 aliphatic carbocycles. The van der Waals surface area contributed by atoms with Gasteiger partial charge in [-0.1, -0.05) is 21.3 Å². The Morgan fingerprint density at radius 3 is 1.14 bits per heavy atom. The van der Waals surface area contributed by atoms with E-state index in [1.165, 1.54) is 7.05 Å². The SMILES string of the molecule is C.C=O.CC.CN. The van der Waals surface area contributed by atoms with Crippen LogP contribution in [0.1, 0.15) is 21.3 Å². The average molecular weight is 107 g/mol. The quantitative estimate of drug-likeness (QED) is 0.503. The van der Waals surface area contributed by atoms with Crippen LogP contribution in [-0.4, -0.2) is 13.8 Å². The van der Waals surface area contributed by atoms with Crippen LogP contribution in [0.4, 0.5) is 0 Å². The van der Waals surface area contributed by atoms with Gasteiger partial charge >= 0.3 is 0 Å². The molecule has 0 atom stereocenters. The van der Waals surface area contributed by atoms with Crippen LogP contribution < -0.4 is 5.73 Å². The van der Waals surface area contributed by atoms with E-state index >= 15 is 0 Å². The Hall–Kier alpha value is -0.370. The Kier molecular flexibility index (Phi) is 3830. The molecule has 0 unspecified atom stereocenters. The highest BCUT2D eigenvalue weighted by Gasteiger charge is 0.932. The zero-order chi connectivity index (χ0) is 6.00. The highest BCUT2D eigenvalue weighted by atomic mass is 16.1. The maximum absolute atomic E-state index is 8.00. The molecule has 0 fully saturated rings. The van der Waals surface area contributed by atoms with Gasteiger partial charge in [0.25, 0.3) is 0 Å². The zero-order valence-electron chi connectivity index (χ0n) is 4.69. The summed E-state index contributed by atoms with van der Waals surface area (Å²) in [6.45, 7) is 6.00. The third-order valence-electron chi connectivity index (χ3n) is 0. The zero-order valence-corrected chi connectivity index (χ0v) is 4.69. The van der Waals surface area contributed by atoms with Gasteiger partial charge in [0.1, 0.15) is 6.79 Å². The van der Waals surface area contributed by atoms with Crippen LogP contribution in [0.5, 0.6) is 0 Å². The van der Waals surface area contributed by atoms with Crippen molar-refractivity contribution in [3.05, 3.63) is 0 Å². The molecule has 0 saturated carbocycles. The van der Waals surface area contributed by atoms with Crippen LogP contribution in [0.25, 0.3) is 0 Å². The van der Waals surface area contributed by atoms with E-state index in [1.807, 2.05) is 20.6 Å². The van der Waals surface area contributed by atoms with E-state index in [9.17, 15) is 0 Å². The molecule has 0 saturated heterocycles. The number of carbonyl (C=O) groups is 1. The van der Waals surface area contributed by atoms with Gasteiger partial charge in [-0.25, -0.2) is 0 Å². The van der Waals surface area contributed by atoms with E-state index in [-0.39, 0.29) is 7.43 Å². The Morgan fingerprint density at radius 1 is 1.14 bits per heavy atom. The monoisotopic (exact) mass is 107 g/mol. The fraction of sp³-hybridized carbons (Fsp3) is 0.800. The summed E-state index contributed by atoms with van der Waals surface area (Å²) in [5.74, 6) is 0. The molecule has 0 aromatic carbocycles. The van der Waals surface area contributed by atoms with E-state index < -0.39 is 0 Å². The van der Waals surface area contributed by atoms with E-state index in [1.54, 1.807) is 0 Å².